The van der Waals surface area contributed by atoms with Crippen LogP contribution in [-0.4, -0.2) is 33.5 Å². The van der Waals surface area contributed by atoms with Crippen LogP contribution in [0.3, 0.4) is 0 Å². The Morgan fingerprint density at radius 2 is 2.21 bits per heavy atom. The summed E-state index contributed by atoms with van der Waals surface area (Å²) in [5.74, 6) is -0.426. The van der Waals surface area contributed by atoms with Crippen molar-refractivity contribution >= 4 is 18.1 Å². The number of benzene rings is 1. The molecule has 0 amide bonds. The number of anilines is 1. The summed E-state index contributed by atoms with van der Waals surface area (Å²) in [5.41, 5.74) is 1.57. The van der Waals surface area contributed by atoms with Crippen LogP contribution in [-0.2, 0) is 13.0 Å². The third-order valence-electron chi connectivity index (χ3n) is 3.83. The number of nitrogens with one attached hydrogen (secondary N) is 1. The SMILES string of the molecule is O=C([O-])c1ccccc1CCCn1cnc2c1NC=NCC2O.[Na+]. The maximum absolute atomic E-state index is 11.1. The summed E-state index contributed by atoms with van der Waals surface area (Å²) < 4.78 is 1.90. The van der Waals surface area contributed by atoms with Crippen LogP contribution in [0.5, 0.6) is 0 Å². The third kappa shape index (κ3) is 4.05. The predicted octanol–water partition coefficient (Wildman–Crippen LogP) is -2.63. The number of carboxylic acid groups (broad SMARTS) is 1. The number of fused-ring (bicyclic) bond motifs is 1. The topological polar surface area (TPSA) is 103 Å². The smallest absolute Gasteiger partial charge is 0.545 e. The van der Waals surface area contributed by atoms with E-state index in [-0.39, 0.29) is 41.7 Å². The first-order valence-electron chi connectivity index (χ1n) is 7.44. The maximum atomic E-state index is 11.1. The summed E-state index contributed by atoms with van der Waals surface area (Å²) in [6, 6.07) is 6.87. The molecule has 24 heavy (non-hydrogen) atoms. The Hall–Kier alpha value is -1.67. The number of aliphatic imine (C=N–C) groups is 1. The molecular weight excluding hydrogens is 319 g/mol. The van der Waals surface area contributed by atoms with Gasteiger partial charge in [0.15, 0.2) is 0 Å². The number of carbonyl (C=O) groups is 1. The van der Waals surface area contributed by atoms with Gasteiger partial charge in [-0.25, -0.2) is 4.98 Å². The number of carboxylic acids is 1. The van der Waals surface area contributed by atoms with Crippen molar-refractivity contribution in [3.8, 4) is 0 Å². The van der Waals surface area contributed by atoms with Gasteiger partial charge in [0.2, 0.25) is 0 Å². The molecule has 3 rings (SSSR count). The average Bonchev–Trinajstić information content (AvgIpc) is 2.85. The Morgan fingerprint density at radius 1 is 1.42 bits per heavy atom. The largest absolute Gasteiger partial charge is 1.00 e. The molecule has 2 N–H and O–H groups in total. The number of hydrogen-bond donors (Lipinski definition) is 2. The van der Waals surface area contributed by atoms with Crippen molar-refractivity contribution in [2.75, 3.05) is 11.9 Å². The van der Waals surface area contributed by atoms with E-state index in [1.165, 1.54) is 0 Å². The molecule has 2 aromatic rings. The van der Waals surface area contributed by atoms with Gasteiger partial charge in [0.05, 0.1) is 25.2 Å². The molecule has 0 fully saturated rings. The Kier molecular flexibility index (Phi) is 6.56. The molecule has 0 saturated heterocycles. The summed E-state index contributed by atoms with van der Waals surface area (Å²) >= 11 is 0. The van der Waals surface area contributed by atoms with Gasteiger partial charge in [0.25, 0.3) is 0 Å². The Morgan fingerprint density at radius 3 is 3.00 bits per heavy atom. The molecule has 0 radical (unpaired) electrons. The van der Waals surface area contributed by atoms with Crippen molar-refractivity contribution < 1.29 is 44.6 Å². The second-order valence-electron chi connectivity index (χ2n) is 5.37. The Labute approximate surface area is 161 Å². The first-order valence-corrected chi connectivity index (χ1v) is 7.44. The predicted molar refractivity (Wildman–Crippen MR) is 83.3 cm³/mol. The number of rotatable bonds is 5. The number of imidazole rings is 1. The van der Waals surface area contributed by atoms with Crippen molar-refractivity contribution in [3.63, 3.8) is 0 Å². The number of aliphatic hydroxyl groups excluding tert-OH is 1. The van der Waals surface area contributed by atoms with Gasteiger partial charge in [0.1, 0.15) is 17.6 Å². The van der Waals surface area contributed by atoms with Crippen LogP contribution in [0.25, 0.3) is 0 Å². The molecule has 2 heterocycles. The molecule has 1 atom stereocenters. The minimum absolute atomic E-state index is 0. The molecule has 0 aliphatic carbocycles. The van der Waals surface area contributed by atoms with Crippen molar-refractivity contribution in [1.82, 2.24) is 9.55 Å². The Bertz CT molecular complexity index is 745. The van der Waals surface area contributed by atoms with E-state index in [2.05, 4.69) is 15.3 Å². The van der Waals surface area contributed by atoms with Crippen LogP contribution in [0, 0.1) is 0 Å². The van der Waals surface area contributed by atoms with Gasteiger partial charge in [-0.15, -0.1) is 0 Å². The summed E-state index contributed by atoms with van der Waals surface area (Å²) in [4.78, 5) is 19.4. The monoisotopic (exact) mass is 336 g/mol. The van der Waals surface area contributed by atoms with Crippen molar-refractivity contribution in [2.24, 2.45) is 4.99 Å². The summed E-state index contributed by atoms with van der Waals surface area (Å²) in [7, 11) is 0. The minimum atomic E-state index is -1.15. The fourth-order valence-corrected chi connectivity index (χ4v) is 2.69. The van der Waals surface area contributed by atoms with Gasteiger partial charge in [-0.3, -0.25) is 4.99 Å². The van der Waals surface area contributed by atoms with Gasteiger partial charge in [-0.05, 0) is 18.4 Å². The quantitative estimate of drug-likeness (QED) is 0.582. The zero-order valence-corrected chi connectivity index (χ0v) is 15.5. The van der Waals surface area contributed by atoms with E-state index in [9.17, 15) is 15.0 Å². The van der Waals surface area contributed by atoms with Crippen LogP contribution in [0.4, 0.5) is 5.82 Å². The zero-order chi connectivity index (χ0) is 16.2. The van der Waals surface area contributed by atoms with Crippen LogP contribution in [0.1, 0.15) is 34.1 Å². The fourth-order valence-electron chi connectivity index (χ4n) is 2.69. The van der Waals surface area contributed by atoms with Crippen molar-refractivity contribution in [1.29, 1.82) is 0 Å². The van der Waals surface area contributed by atoms with Crippen LogP contribution in [0.15, 0.2) is 35.6 Å². The second-order valence-corrected chi connectivity index (χ2v) is 5.37. The zero-order valence-electron chi connectivity index (χ0n) is 13.5. The normalized spacial score (nSPS) is 15.8. The molecule has 0 spiro atoms. The van der Waals surface area contributed by atoms with Gasteiger partial charge in [-0.2, -0.15) is 0 Å². The molecule has 1 aliphatic rings. The van der Waals surface area contributed by atoms with E-state index in [0.717, 1.165) is 17.8 Å². The summed E-state index contributed by atoms with van der Waals surface area (Å²) in [6.07, 6.45) is 3.87. The number of aliphatic hydroxyl groups is 1. The second kappa shape index (κ2) is 8.43. The van der Waals surface area contributed by atoms with E-state index >= 15 is 0 Å². The molecule has 1 aromatic heterocycles. The molecule has 7 nitrogen and oxygen atoms in total. The van der Waals surface area contributed by atoms with E-state index in [0.29, 0.717) is 18.7 Å². The number of nitrogens with zero attached hydrogens (tertiary/aromatic N) is 3. The van der Waals surface area contributed by atoms with Gasteiger partial charge in [0, 0.05) is 12.1 Å². The molecule has 1 unspecified atom stereocenters. The fraction of sp³-hybridized carbons (Fsp3) is 0.312. The van der Waals surface area contributed by atoms with Gasteiger partial charge in [-0.1, -0.05) is 24.3 Å². The standard InChI is InChI=1S/C16H18N4O3.Na/c21-13-8-17-9-18-15-14(13)19-10-20(15)7-3-5-11-4-1-2-6-12(11)16(22)23;/h1-2,4,6,9-10,13,21H,3,5,7-8H2,(H,17,18)(H,22,23);/q;+1/p-1. The molecule has 120 valence electrons. The first kappa shape index (κ1) is 18.7. The number of aromatic nitrogens is 2. The number of aromatic carboxylic acids is 1. The van der Waals surface area contributed by atoms with Gasteiger partial charge < -0.3 is 24.9 Å². The molecule has 0 bridgehead atoms. The van der Waals surface area contributed by atoms with Crippen LogP contribution >= 0.6 is 0 Å². The maximum Gasteiger partial charge on any atom is 1.00 e. The molecule has 8 heteroatoms. The average molecular weight is 336 g/mol. The van der Waals surface area contributed by atoms with Crippen LogP contribution in [0.2, 0.25) is 0 Å². The van der Waals surface area contributed by atoms with E-state index in [4.69, 9.17) is 0 Å². The number of aryl methyl sites for hydroxylation is 2. The summed E-state index contributed by atoms with van der Waals surface area (Å²) in [5, 5.41) is 24.1. The van der Waals surface area contributed by atoms with E-state index < -0.39 is 12.1 Å². The minimum Gasteiger partial charge on any atom is -0.545 e. The molecule has 0 saturated carbocycles. The third-order valence-corrected chi connectivity index (χ3v) is 3.83. The van der Waals surface area contributed by atoms with Crippen molar-refractivity contribution in [3.05, 3.63) is 47.4 Å². The number of hydrogen-bond acceptors (Lipinski definition) is 6. The van der Waals surface area contributed by atoms with Crippen LogP contribution < -0.4 is 40.0 Å². The van der Waals surface area contributed by atoms with E-state index in [1.807, 2.05) is 10.6 Å². The summed E-state index contributed by atoms with van der Waals surface area (Å²) in [6.45, 7) is 0.938. The molecule has 1 aliphatic heterocycles. The molecular formula is C16H17N4NaO3. The number of carbonyl (C=O) groups excluding carboxylic acids is 1. The molecule has 1 aromatic carbocycles. The van der Waals surface area contributed by atoms with Gasteiger partial charge >= 0.3 is 29.6 Å². The first-order chi connectivity index (χ1) is 11.2. The van der Waals surface area contributed by atoms with Crippen molar-refractivity contribution in [2.45, 2.75) is 25.5 Å². The Balaban J connectivity index is 0.00000208. The van der Waals surface area contributed by atoms with E-state index in [1.54, 1.807) is 30.9 Å².